The lowest BCUT2D eigenvalue weighted by atomic mass is 9.95. The standard InChI is InChI=1S/C39H40N6O3/c1-42-20-22-43(23-21-42)33-13-10-30(11-14-33)38(46)40-37-25-36(45(41-37)27-29-8-15-34(48-2)16-9-29)32-12-17-35-31(24-32)18-19-44(39(35)47)26-28-6-4-3-5-7-28/h3-17,24-25H,18-23,26-27H2,1-2H3,(H,40,41,46). The minimum atomic E-state index is -0.213. The number of methoxy groups -OCH3 is 1. The Bertz CT molecular complexity index is 1900. The number of hydrogen-bond donors (Lipinski definition) is 1. The van der Waals surface area contributed by atoms with Crippen molar-refractivity contribution in [1.82, 2.24) is 19.6 Å². The number of benzene rings is 4. The minimum Gasteiger partial charge on any atom is -0.497 e. The number of amides is 2. The summed E-state index contributed by atoms with van der Waals surface area (Å²) in [5.41, 5.74) is 7.41. The summed E-state index contributed by atoms with van der Waals surface area (Å²) < 4.78 is 7.25. The van der Waals surface area contributed by atoms with Crippen LogP contribution in [0, 0.1) is 0 Å². The number of hydrogen-bond acceptors (Lipinski definition) is 6. The SMILES string of the molecule is COc1ccc(Cn2nc(NC(=O)c3ccc(N4CCN(C)CC4)cc3)cc2-c2ccc3c(c2)CCN(Cc2ccccc2)C3=O)cc1. The van der Waals surface area contributed by atoms with Crippen molar-refractivity contribution in [2.45, 2.75) is 19.5 Å². The zero-order valence-corrected chi connectivity index (χ0v) is 27.4. The van der Waals surface area contributed by atoms with Crippen LogP contribution in [0.15, 0.2) is 103 Å². The Morgan fingerprint density at radius 2 is 1.54 bits per heavy atom. The summed E-state index contributed by atoms with van der Waals surface area (Å²) in [6, 6.07) is 33.7. The van der Waals surface area contributed by atoms with Crippen LogP contribution in [0.3, 0.4) is 0 Å². The fourth-order valence-corrected chi connectivity index (χ4v) is 6.46. The molecule has 0 saturated carbocycles. The third-order valence-corrected chi connectivity index (χ3v) is 9.30. The molecule has 1 fully saturated rings. The lowest BCUT2D eigenvalue weighted by Crippen LogP contribution is -2.44. The van der Waals surface area contributed by atoms with E-state index in [4.69, 9.17) is 9.84 Å². The first-order chi connectivity index (χ1) is 23.4. The van der Waals surface area contributed by atoms with Crippen molar-refractivity contribution in [2.75, 3.05) is 57.1 Å². The number of nitrogens with zero attached hydrogens (tertiary/aromatic N) is 5. The molecule has 3 heterocycles. The largest absolute Gasteiger partial charge is 0.497 e. The molecule has 0 aliphatic carbocycles. The van der Waals surface area contributed by atoms with Crippen LogP contribution in [0.2, 0.25) is 0 Å². The van der Waals surface area contributed by atoms with Gasteiger partial charge in [0, 0.05) is 67.7 Å². The topological polar surface area (TPSA) is 82.9 Å². The molecular formula is C39H40N6O3. The third kappa shape index (κ3) is 6.82. The van der Waals surface area contributed by atoms with Gasteiger partial charge in [-0.15, -0.1) is 0 Å². The van der Waals surface area contributed by atoms with E-state index in [1.165, 1.54) is 0 Å². The van der Waals surface area contributed by atoms with E-state index in [0.29, 0.717) is 31.0 Å². The van der Waals surface area contributed by atoms with E-state index < -0.39 is 0 Å². The molecule has 1 aromatic heterocycles. The highest BCUT2D eigenvalue weighted by Gasteiger charge is 2.25. The molecule has 0 bridgehead atoms. The van der Waals surface area contributed by atoms with E-state index in [0.717, 1.165) is 77.5 Å². The second-order valence-corrected chi connectivity index (χ2v) is 12.5. The van der Waals surface area contributed by atoms with Crippen molar-refractivity contribution in [3.8, 4) is 17.0 Å². The smallest absolute Gasteiger partial charge is 0.256 e. The van der Waals surface area contributed by atoms with Crippen LogP contribution in [0.4, 0.5) is 11.5 Å². The van der Waals surface area contributed by atoms with Crippen molar-refractivity contribution in [3.63, 3.8) is 0 Å². The Kier molecular flexibility index (Phi) is 8.94. The zero-order valence-electron chi connectivity index (χ0n) is 27.4. The maximum absolute atomic E-state index is 13.5. The van der Waals surface area contributed by atoms with E-state index >= 15 is 0 Å². The van der Waals surface area contributed by atoms with Crippen molar-refractivity contribution >= 4 is 23.3 Å². The van der Waals surface area contributed by atoms with Crippen LogP contribution < -0.4 is 15.0 Å². The van der Waals surface area contributed by atoms with E-state index in [2.05, 4.69) is 40.4 Å². The van der Waals surface area contributed by atoms with Crippen molar-refractivity contribution in [1.29, 1.82) is 0 Å². The highest BCUT2D eigenvalue weighted by atomic mass is 16.5. The molecular weight excluding hydrogens is 600 g/mol. The molecule has 0 atom stereocenters. The van der Waals surface area contributed by atoms with Crippen LogP contribution >= 0.6 is 0 Å². The van der Waals surface area contributed by atoms with Crippen LogP contribution in [-0.2, 0) is 19.5 Å². The quantitative estimate of drug-likeness (QED) is 0.219. The van der Waals surface area contributed by atoms with Crippen molar-refractivity contribution in [2.24, 2.45) is 0 Å². The third-order valence-electron chi connectivity index (χ3n) is 9.30. The lowest BCUT2D eigenvalue weighted by Gasteiger charge is -2.34. The number of nitrogens with one attached hydrogen (secondary N) is 1. The molecule has 2 amide bonds. The first-order valence-electron chi connectivity index (χ1n) is 16.5. The number of carbonyl (C=O) groups is 2. The molecule has 48 heavy (non-hydrogen) atoms. The van der Waals surface area contributed by atoms with Crippen molar-refractivity contribution in [3.05, 3.63) is 131 Å². The number of ether oxygens (including phenoxy) is 1. The number of aromatic nitrogens is 2. The molecule has 2 aliphatic rings. The molecule has 7 rings (SSSR count). The van der Waals surface area contributed by atoms with Crippen LogP contribution in [0.1, 0.15) is 37.4 Å². The molecule has 9 nitrogen and oxygen atoms in total. The number of fused-ring (bicyclic) bond motifs is 1. The maximum Gasteiger partial charge on any atom is 0.256 e. The summed E-state index contributed by atoms with van der Waals surface area (Å²) in [4.78, 5) is 33.4. The Morgan fingerprint density at radius 1 is 0.812 bits per heavy atom. The molecule has 0 spiro atoms. The molecule has 0 unspecified atom stereocenters. The van der Waals surface area contributed by atoms with Crippen LogP contribution in [0.5, 0.6) is 5.75 Å². The maximum atomic E-state index is 13.5. The Labute approximate surface area is 281 Å². The van der Waals surface area contributed by atoms with Crippen LogP contribution in [0.25, 0.3) is 11.3 Å². The number of piperazine rings is 1. The van der Waals surface area contributed by atoms with Gasteiger partial charge in [-0.05, 0) is 78.7 Å². The van der Waals surface area contributed by atoms with Gasteiger partial charge in [0.05, 0.1) is 19.3 Å². The van der Waals surface area contributed by atoms with E-state index in [1.807, 2.05) is 94.5 Å². The van der Waals surface area contributed by atoms with Gasteiger partial charge >= 0.3 is 0 Å². The minimum absolute atomic E-state index is 0.0463. The number of anilines is 2. The summed E-state index contributed by atoms with van der Waals surface area (Å²) >= 11 is 0. The van der Waals surface area contributed by atoms with Crippen molar-refractivity contribution < 1.29 is 14.3 Å². The number of likely N-dealkylation sites (N-methyl/N-ethyl adjacent to an activating group) is 1. The Morgan fingerprint density at radius 3 is 2.27 bits per heavy atom. The Hall–Kier alpha value is -5.41. The molecule has 2 aliphatic heterocycles. The molecule has 1 saturated heterocycles. The summed E-state index contributed by atoms with van der Waals surface area (Å²) in [5.74, 6) is 1.08. The second kappa shape index (κ2) is 13.8. The fourth-order valence-electron chi connectivity index (χ4n) is 6.46. The average Bonchev–Trinajstić information content (AvgIpc) is 3.52. The monoisotopic (exact) mass is 640 g/mol. The second-order valence-electron chi connectivity index (χ2n) is 12.5. The molecule has 5 aromatic rings. The van der Waals surface area contributed by atoms with E-state index in [9.17, 15) is 9.59 Å². The fraction of sp³-hybridized carbons (Fsp3) is 0.256. The highest BCUT2D eigenvalue weighted by Crippen LogP contribution is 2.30. The van der Waals surface area contributed by atoms with Gasteiger partial charge in [-0.1, -0.05) is 48.5 Å². The summed E-state index contributed by atoms with van der Waals surface area (Å²) in [6.45, 7) is 5.74. The van der Waals surface area contributed by atoms with Gasteiger partial charge < -0.3 is 24.8 Å². The van der Waals surface area contributed by atoms with Gasteiger partial charge in [0.2, 0.25) is 0 Å². The molecule has 0 radical (unpaired) electrons. The van der Waals surface area contributed by atoms with Gasteiger partial charge in [-0.3, -0.25) is 14.3 Å². The van der Waals surface area contributed by atoms with Gasteiger partial charge in [-0.2, -0.15) is 5.10 Å². The first kappa shape index (κ1) is 31.2. The number of carbonyl (C=O) groups excluding carboxylic acids is 2. The average molecular weight is 641 g/mol. The zero-order chi connectivity index (χ0) is 33.0. The molecule has 9 heteroatoms. The van der Waals surface area contributed by atoms with Gasteiger partial charge in [-0.25, -0.2) is 0 Å². The molecule has 4 aromatic carbocycles. The predicted octanol–water partition coefficient (Wildman–Crippen LogP) is 5.81. The summed E-state index contributed by atoms with van der Waals surface area (Å²) in [7, 11) is 3.79. The highest BCUT2D eigenvalue weighted by molar-refractivity contribution is 6.04. The van der Waals surface area contributed by atoms with E-state index in [-0.39, 0.29) is 11.8 Å². The summed E-state index contributed by atoms with van der Waals surface area (Å²) in [5, 5.41) is 7.86. The predicted molar refractivity (Wildman–Crippen MR) is 189 cm³/mol. The normalized spacial score (nSPS) is 14.9. The van der Waals surface area contributed by atoms with E-state index in [1.54, 1.807) is 7.11 Å². The molecule has 1 N–H and O–H groups in total. The summed E-state index contributed by atoms with van der Waals surface area (Å²) in [6.07, 6.45) is 0.766. The van der Waals surface area contributed by atoms with Crippen LogP contribution in [-0.4, -0.2) is 78.3 Å². The lowest BCUT2D eigenvalue weighted by molar-refractivity contribution is 0.0727. The van der Waals surface area contributed by atoms with Gasteiger partial charge in [0.15, 0.2) is 5.82 Å². The first-order valence-corrected chi connectivity index (χ1v) is 16.5. The Balaban J connectivity index is 1.13. The number of rotatable bonds is 9. The van der Waals surface area contributed by atoms with Gasteiger partial charge in [0.1, 0.15) is 5.75 Å². The van der Waals surface area contributed by atoms with Gasteiger partial charge in [0.25, 0.3) is 11.8 Å². The molecule has 244 valence electrons.